The van der Waals surface area contributed by atoms with Crippen LogP contribution in [0.1, 0.15) is 33.6 Å². The Kier molecular flexibility index (Phi) is 28.7. The second-order valence-corrected chi connectivity index (χ2v) is 10.3. The molecule has 0 rings (SSSR count). The van der Waals surface area contributed by atoms with Gasteiger partial charge in [-0.1, -0.05) is 12.7 Å². The van der Waals surface area contributed by atoms with E-state index in [0.717, 1.165) is 0 Å². The van der Waals surface area contributed by atoms with Crippen LogP contribution in [0, 0.1) is 0 Å². The van der Waals surface area contributed by atoms with Crippen LogP contribution in [0.25, 0.3) is 0 Å². The van der Waals surface area contributed by atoms with Crippen LogP contribution in [0.15, 0.2) is 12.7 Å². The van der Waals surface area contributed by atoms with Gasteiger partial charge in [-0.05, 0) is 27.2 Å². The molecule has 0 fully saturated rings. The highest BCUT2D eigenvalue weighted by Crippen LogP contribution is 2.10. The fraction of sp³-hybridized carbons (Fsp3) is 0.833. The number of amides is 2. The molecule has 15 heteroatoms. The normalized spacial score (nSPS) is 12.0. The number of ether oxygens (including phenoxy) is 10. The maximum Gasteiger partial charge on any atom is 0.408 e. The molecule has 0 aromatic heterocycles. The Morgan fingerprint density at radius 2 is 1.11 bits per heavy atom. The monoisotopic (exact) mass is 652 g/mol. The van der Waals surface area contributed by atoms with Crippen molar-refractivity contribution in [1.82, 2.24) is 10.6 Å². The smallest absolute Gasteiger partial charge is 0.408 e. The molecule has 1 atom stereocenters. The molecule has 0 aliphatic heterocycles. The molecule has 0 spiro atoms. The summed E-state index contributed by atoms with van der Waals surface area (Å²) in [6.45, 7) is 15.8. The fourth-order valence-electron chi connectivity index (χ4n) is 3.18. The highest BCUT2D eigenvalue weighted by atomic mass is 16.6. The van der Waals surface area contributed by atoms with Gasteiger partial charge in [0.05, 0.1) is 99.1 Å². The van der Waals surface area contributed by atoms with E-state index in [1.165, 1.54) is 6.08 Å². The summed E-state index contributed by atoms with van der Waals surface area (Å²) < 4.78 is 52.9. The van der Waals surface area contributed by atoms with Gasteiger partial charge in [0.2, 0.25) is 5.91 Å². The van der Waals surface area contributed by atoms with Gasteiger partial charge in [-0.15, -0.1) is 0 Å². The number of esters is 1. The van der Waals surface area contributed by atoms with Crippen LogP contribution < -0.4 is 10.6 Å². The number of carbonyl (C=O) groups is 3. The molecule has 2 N–H and O–H groups in total. The lowest BCUT2D eigenvalue weighted by molar-refractivity contribution is -0.155. The Morgan fingerprint density at radius 1 is 0.689 bits per heavy atom. The molecule has 0 aromatic carbocycles. The lowest BCUT2D eigenvalue weighted by atomic mass is 10.1. The van der Waals surface area contributed by atoms with E-state index in [1.807, 2.05) is 0 Å². The first-order valence-corrected chi connectivity index (χ1v) is 15.3. The molecule has 45 heavy (non-hydrogen) atoms. The molecule has 0 saturated carbocycles. The number of hydrogen-bond acceptors (Lipinski definition) is 13. The lowest BCUT2D eigenvalue weighted by Gasteiger charge is -2.21. The van der Waals surface area contributed by atoms with Gasteiger partial charge in [0, 0.05) is 20.1 Å². The van der Waals surface area contributed by atoms with E-state index in [2.05, 4.69) is 17.2 Å². The van der Waals surface area contributed by atoms with Crippen molar-refractivity contribution in [3.8, 4) is 0 Å². The maximum absolute atomic E-state index is 12.6. The van der Waals surface area contributed by atoms with Crippen molar-refractivity contribution in [2.45, 2.75) is 45.3 Å². The fourth-order valence-corrected chi connectivity index (χ4v) is 3.18. The third-order valence-corrected chi connectivity index (χ3v) is 5.21. The van der Waals surface area contributed by atoms with E-state index in [9.17, 15) is 14.4 Å². The van der Waals surface area contributed by atoms with Crippen molar-refractivity contribution in [1.29, 1.82) is 0 Å². The molecule has 15 nitrogen and oxygen atoms in total. The largest absolute Gasteiger partial charge is 0.460 e. The second-order valence-electron chi connectivity index (χ2n) is 10.3. The van der Waals surface area contributed by atoms with Crippen molar-refractivity contribution in [3.05, 3.63) is 12.7 Å². The zero-order valence-electron chi connectivity index (χ0n) is 27.6. The Hall–Kier alpha value is -2.37. The Labute approximate surface area is 267 Å². The van der Waals surface area contributed by atoms with Crippen LogP contribution in [-0.4, -0.2) is 149 Å². The summed E-state index contributed by atoms with van der Waals surface area (Å²) in [5, 5.41) is 5.14. The van der Waals surface area contributed by atoms with Gasteiger partial charge in [-0.25, -0.2) is 4.79 Å². The SMILES string of the molecule is C=CCOC(=O)N[C@@H](CCC(=O)OC(C)(C)C)C(=O)NCCOCCOCCOCCOCCOCCOCCOCCOC. The number of nitrogens with one attached hydrogen (secondary N) is 2. The summed E-state index contributed by atoms with van der Waals surface area (Å²) in [6, 6.07) is -0.982. The van der Waals surface area contributed by atoms with Crippen molar-refractivity contribution in [3.63, 3.8) is 0 Å². The summed E-state index contributed by atoms with van der Waals surface area (Å²) in [5.74, 6) is -0.942. The third kappa shape index (κ3) is 31.4. The molecular formula is C30H56N2O13. The van der Waals surface area contributed by atoms with E-state index < -0.39 is 29.6 Å². The minimum atomic E-state index is -0.982. The molecule has 0 radical (unpaired) electrons. The molecule has 0 bridgehead atoms. The topological polar surface area (TPSA) is 168 Å². The van der Waals surface area contributed by atoms with E-state index in [0.29, 0.717) is 92.5 Å². The van der Waals surface area contributed by atoms with Crippen LogP contribution >= 0.6 is 0 Å². The third-order valence-electron chi connectivity index (χ3n) is 5.21. The first kappa shape index (κ1) is 42.6. The molecule has 0 aliphatic rings. The Morgan fingerprint density at radius 3 is 1.51 bits per heavy atom. The van der Waals surface area contributed by atoms with Gasteiger partial charge < -0.3 is 58.0 Å². The zero-order valence-corrected chi connectivity index (χ0v) is 27.6. The maximum atomic E-state index is 12.6. The van der Waals surface area contributed by atoms with Crippen molar-refractivity contribution in [2.24, 2.45) is 0 Å². The molecule has 0 aliphatic carbocycles. The Bertz CT molecular complexity index is 750. The number of methoxy groups -OCH3 is 1. The average molecular weight is 653 g/mol. The average Bonchev–Trinajstić information content (AvgIpc) is 2.99. The zero-order chi connectivity index (χ0) is 33.4. The van der Waals surface area contributed by atoms with E-state index >= 15 is 0 Å². The number of hydrogen-bond donors (Lipinski definition) is 2. The highest BCUT2D eigenvalue weighted by Gasteiger charge is 2.24. The molecular weight excluding hydrogens is 596 g/mol. The van der Waals surface area contributed by atoms with Crippen LogP contribution in [0.4, 0.5) is 4.79 Å². The summed E-state index contributed by atoms with van der Waals surface area (Å²) in [6.07, 6.45) is 0.609. The minimum Gasteiger partial charge on any atom is -0.460 e. The first-order chi connectivity index (χ1) is 21.7. The van der Waals surface area contributed by atoms with Crippen molar-refractivity contribution < 1.29 is 61.8 Å². The predicted octanol–water partition coefficient (Wildman–Crippen LogP) is 1.27. The standard InChI is InChI=1S/C30H56N2O13/c1-6-10-44-29(35)32-26(7-8-27(33)45-30(2,3)4)28(34)31-9-11-37-14-15-39-18-19-41-22-23-43-25-24-42-21-20-40-17-16-38-13-12-36-5/h6,26H,1,7-25H2,2-5H3,(H,31,34)(H,32,35)/t26-/m0/s1. The summed E-state index contributed by atoms with van der Waals surface area (Å²) in [7, 11) is 1.63. The van der Waals surface area contributed by atoms with E-state index in [1.54, 1.807) is 27.9 Å². The molecule has 0 heterocycles. The molecule has 0 unspecified atom stereocenters. The summed E-state index contributed by atoms with van der Waals surface area (Å²) in [5.41, 5.74) is -0.650. The van der Waals surface area contributed by atoms with Gasteiger partial charge in [0.1, 0.15) is 18.2 Å². The molecule has 0 saturated heterocycles. The van der Waals surface area contributed by atoms with Gasteiger partial charge in [-0.3, -0.25) is 9.59 Å². The molecule has 264 valence electrons. The van der Waals surface area contributed by atoms with Crippen molar-refractivity contribution >= 4 is 18.0 Å². The quantitative estimate of drug-likeness (QED) is 0.0625. The molecule has 0 aromatic rings. The van der Waals surface area contributed by atoms with Crippen molar-refractivity contribution in [2.75, 3.05) is 119 Å². The first-order valence-electron chi connectivity index (χ1n) is 15.3. The summed E-state index contributed by atoms with van der Waals surface area (Å²) >= 11 is 0. The highest BCUT2D eigenvalue weighted by molar-refractivity contribution is 5.86. The van der Waals surface area contributed by atoms with Crippen LogP contribution in [0.3, 0.4) is 0 Å². The number of carbonyl (C=O) groups excluding carboxylic acids is 3. The summed E-state index contributed by atoms with van der Waals surface area (Å²) in [4.78, 5) is 36.6. The second kappa shape index (κ2) is 30.3. The van der Waals surface area contributed by atoms with Gasteiger partial charge in [0.25, 0.3) is 0 Å². The van der Waals surface area contributed by atoms with Crippen LogP contribution in [-0.2, 0) is 57.0 Å². The van der Waals surface area contributed by atoms with Gasteiger partial charge in [0.15, 0.2) is 0 Å². The van der Waals surface area contributed by atoms with Crippen LogP contribution in [0.5, 0.6) is 0 Å². The molecule has 2 amide bonds. The Balaban J connectivity index is 3.72. The van der Waals surface area contributed by atoms with E-state index in [4.69, 9.17) is 47.4 Å². The minimum absolute atomic E-state index is 0.00978. The number of rotatable bonds is 31. The lowest BCUT2D eigenvalue weighted by Crippen LogP contribution is -2.48. The van der Waals surface area contributed by atoms with Gasteiger partial charge in [-0.2, -0.15) is 0 Å². The van der Waals surface area contributed by atoms with Crippen LogP contribution in [0.2, 0.25) is 0 Å². The van der Waals surface area contributed by atoms with Gasteiger partial charge >= 0.3 is 12.1 Å². The van der Waals surface area contributed by atoms with E-state index in [-0.39, 0.29) is 32.6 Å². The number of alkyl carbamates (subject to hydrolysis) is 1. The predicted molar refractivity (Wildman–Crippen MR) is 164 cm³/mol.